The van der Waals surface area contributed by atoms with Gasteiger partial charge in [0.15, 0.2) is 0 Å². The Morgan fingerprint density at radius 1 is 0.800 bits per heavy atom. The Morgan fingerprint density at radius 3 is 1.05 bits per heavy atom. The van der Waals surface area contributed by atoms with E-state index in [0.29, 0.717) is 0 Å². The summed E-state index contributed by atoms with van der Waals surface area (Å²) < 4.78 is 57.8. The van der Waals surface area contributed by atoms with E-state index in [0.717, 1.165) is 0 Å². The maximum atomic E-state index is 9.78. The Balaban J connectivity index is -0.000000116. The monoisotopic (exact) mass is 324 g/mol. The van der Waals surface area contributed by atoms with Crippen molar-refractivity contribution in [2.75, 3.05) is 11.5 Å². The first-order chi connectivity index (χ1) is 7.91. The molecule has 0 rings (SSSR count). The Hall–Kier alpha value is -0.125. The molecule has 0 unspecified atom stereocenters. The van der Waals surface area contributed by atoms with Crippen molar-refractivity contribution in [1.29, 1.82) is 0 Å². The Morgan fingerprint density at radius 2 is 1.00 bits per heavy atom. The van der Waals surface area contributed by atoms with Gasteiger partial charge in [0.25, 0.3) is 0 Å². The molecular weight excluding hydrogens is 318 g/mol. The van der Waals surface area contributed by atoms with Gasteiger partial charge in [-0.3, -0.25) is 9.78 Å². The van der Waals surface area contributed by atoms with Crippen LogP contribution in [0.3, 0.4) is 0 Å². The summed E-state index contributed by atoms with van der Waals surface area (Å²) in [6, 6.07) is 0. The third-order valence-electron chi connectivity index (χ3n) is 0.793. The molecule has 0 saturated heterocycles. The predicted molar refractivity (Wildman–Crippen MR) is 46.6 cm³/mol. The predicted octanol–water partition coefficient (Wildman–Crippen LogP) is -8.90. The van der Waals surface area contributed by atoms with Gasteiger partial charge in [0, 0.05) is 0 Å². The van der Waals surface area contributed by atoms with Gasteiger partial charge in [-0.2, -0.15) is 10.5 Å². The molecule has 0 atom stereocenters. The van der Waals surface area contributed by atoms with Crippen LogP contribution in [0.2, 0.25) is 0 Å². The van der Waals surface area contributed by atoms with Crippen LogP contribution in [0.1, 0.15) is 0 Å². The largest absolute Gasteiger partial charge is 1.00 e. The van der Waals surface area contributed by atoms with Crippen molar-refractivity contribution in [1.82, 2.24) is 0 Å². The third-order valence-corrected chi connectivity index (χ3v) is 1.97. The van der Waals surface area contributed by atoms with Crippen LogP contribution in [-0.2, 0) is 39.6 Å². The van der Waals surface area contributed by atoms with E-state index >= 15 is 0 Å². The zero-order chi connectivity index (χ0) is 15.0. The molecule has 0 aliphatic heterocycles. The zero-order valence-corrected chi connectivity index (χ0v) is 11.8. The second-order valence-electron chi connectivity index (χ2n) is 2.33. The number of hydrogen-bond donors (Lipinski definition) is 2. The molecule has 108 valence electrons. The molecule has 0 bridgehead atoms. The Labute approximate surface area is 137 Å². The van der Waals surface area contributed by atoms with E-state index in [2.05, 4.69) is 9.78 Å². The van der Waals surface area contributed by atoms with Gasteiger partial charge in [-0.1, -0.05) is 0 Å². The molecule has 12 nitrogen and oxygen atoms in total. The summed E-state index contributed by atoms with van der Waals surface area (Å²) in [7, 11) is -9.24. The maximum absolute atomic E-state index is 9.78. The van der Waals surface area contributed by atoms with E-state index in [9.17, 15) is 35.5 Å². The van der Waals surface area contributed by atoms with Crippen molar-refractivity contribution >= 4 is 32.2 Å². The fourth-order valence-electron chi connectivity index (χ4n) is 0.341. The summed E-state index contributed by atoms with van der Waals surface area (Å²) >= 11 is 0. The molecule has 0 heterocycles. The molecule has 0 aromatic rings. The van der Waals surface area contributed by atoms with Crippen LogP contribution >= 0.6 is 0 Å². The standard InChI is InChI=1S/2C2H4O6S.2Li/c2*3-2(8-4)1-9(5,6)7;;/h2*4H,1H2,(H,5,6,7);;/q;;2*+1/p-2. The Bertz CT molecular complexity index is 434. The van der Waals surface area contributed by atoms with Crippen LogP contribution < -0.4 is 37.7 Å². The molecule has 20 heavy (non-hydrogen) atoms. The van der Waals surface area contributed by atoms with Gasteiger partial charge in [0.1, 0.15) is 31.7 Å². The zero-order valence-electron chi connectivity index (χ0n) is 10.2. The third kappa shape index (κ3) is 26.4. The molecule has 16 heteroatoms. The first-order valence-corrected chi connectivity index (χ1v) is 6.62. The first kappa shape index (κ1) is 28.1. The fraction of sp³-hybridized carbons (Fsp3) is 0.500. The second-order valence-corrected chi connectivity index (χ2v) is 5.14. The van der Waals surface area contributed by atoms with E-state index < -0.39 is 43.7 Å². The van der Waals surface area contributed by atoms with Crippen LogP contribution in [0.25, 0.3) is 0 Å². The van der Waals surface area contributed by atoms with Gasteiger partial charge in [-0.25, -0.2) is 26.4 Å². The van der Waals surface area contributed by atoms with Crippen molar-refractivity contribution in [2.45, 2.75) is 0 Å². The molecule has 0 saturated carbocycles. The minimum absolute atomic E-state index is 0. The summed E-state index contributed by atoms with van der Waals surface area (Å²) in [6.45, 7) is 0. The molecule has 0 spiro atoms. The van der Waals surface area contributed by atoms with Gasteiger partial charge in [-0.05, 0) is 0 Å². The van der Waals surface area contributed by atoms with Crippen molar-refractivity contribution < 1.29 is 93.5 Å². The minimum atomic E-state index is -4.62. The van der Waals surface area contributed by atoms with E-state index in [1.807, 2.05) is 0 Å². The number of carbonyl (C=O) groups is 2. The average molecular weight is 324 g/mol. The van der Waals surface area contributed by atoms with Gasteiger partial charge in [0.2, 0.25) is 0 Å². The number of rotatable bonds is 4. The fourth-order valence-corrected chi connectivity index (χ4v) is 1.02. The quantitative estimate of drug-likeness (QED) is 0.214. The molecule has 2 N–H and O–H groups in total. The van der Waals surface area contributed by atoms with Crippen molar-refractivity contribution in [3.63, 3.8) is 0 Å². The van der Waals surface area contributed by atoms with E-state index in [-0.39, 0.29) is 37.7 Å². The average Bonchev–Trinajstić information content (AvgIpc) is 2.13. The molecule has 0 aromatic carbocycles. The Kier molecular flexibility index (Phi) is 17.7. The van der Waals surface area contributed by atoms with Crippen LogP contribution in [-0.4, -0.2) is 59.9 Å². The van der Waals surface area contributed by atoms with E-state index in [4.69, 9.17) is 10.5 Å². The summed E-state index contributed by atoms with van der Waals surface area (Å²) in [6.07, 6.45) is 0. The first-order valence-electron chi connectivity index (χ1n) is 3.47. The smallest absolute Gasteiger partial charge is 0.748 e. The number of carbonyl (C=O) groups excluding carboxylic acids is 2. The van der Waals surface area contributed by atoms with Crippen LogP contribution in [0.5, 0.6) is 0 Å². The summed E-state index contributed by atoms with van der Waals surface area (Å²) in [4.78, 5) is 25.4. The topological polar surface area (TPSA) is 207 Å². The SMILES string of the molecule is O=C(CS(=O)(=O)[O-])OO.O=C(CS(=O)(=O)[O-])OO.[Li+].[Li+]. The molecule has 0 amide bonds. The van der Waals surface area contributed by atoms with Crippen molar-refractivity contribution in [3.8, 4) is 0 Å². The van der Waals surface area contributed by atoms with Crippen molar-refractivity contribution in [3.05, 3.63) is 0 Å². The van der Waals surface area contributed by atoms with Crippen LogP contribution in [0.4, 0.5) is 0 Å². The summed E-state index contributed by atoms with van der Waals surface area (Å²) in [5.41, 5.74) is 0. The minimum Gasteiger partial charge on any atom is -0.748 e. The second kappa shape index (κ2) is 12.6. The van der Waals surface area contributed by atoms with Crippen LogP contribution in [0, 0.1) is 0 Å². The summed E-state index contributed by atoms with van der Waals surface area (Å²) in [5, 5.41) is 14.9. The molecule has 0 aliphatic rings. The maximum Gasteiger partial charge on any atom is 1.00 e. The van der Waals surface area contributed by atoms with Gasteiger partial charge in [-0.15, -0.1) is 0 Å². The molecule has 0 fully saturated rings. The number of hydrogen-bond acceptors (Lipinski definition) is 12. The van der Waals surface area contributed by atoms with Gasteiger partial charge < -0.3 is 9.11 Å². The molecule has 0 aromatic heterocycles. The van der Waals surface area contributed by atoms with Crippen molar-refractivity contribution in [2.24, 2.45) is 0 Å². The van der Waals surface area contributed by atoms with Crippen LogP contribution in [0.15, 0.2) is 0 Å². The van der Waals surface area contributed by atoms with Gasteiger partial charge in [0.05, 0.1) is 0 Å². The summed E-state index contributed by atoms with van der Waals surface area (Å²) in [5.74, 6) is -5.65. The van der Waals surface area contributed by atoms with E-state index in [1.165, 1.54) is 0 Å². The molecule has 0 radical (unpaired) electrons. The van der Waals surface area contributed by atoms with E-state index in [1.54, 1.807) is 0 Å². The molecule has 0 aliphatic carbocycles. The van der Waals surface area contributed by atoms with Gasteiger partial charge >= 0.3 is 49.7 Å². The molecular formula is C4H6Li2O12S2. The normalized spacial score (nSPS) is 9.80.